The first-order chi connectivity index (χ1) is 10.0. The molecular formula is C15H17BrFNO3. The van der Waals surface area contributed by atoms with Crippen molar-refractivity contribution in [3.8, 4) is 5.75 Å². The van der Waals surface area contributed by atoms with Gasteiger partial charge in [-0.1, -0.05) is 35.2 Å². The first-order valence-electron chi connectivity index (χ1n) is 7.27. The maximum atomic E-state index is 13.9. The van der Waals surface area contributed by atoms with Crippen LogP contribution in [0.5, 0.6) is 5.75 Å². The molecule has 6 heteroatoms. The lowest BCUT2D eigenvalue weighted by molar-refractivity contribution is -0.385. The molecule has 2 aliphatic rings. The van der Waals surface area contributed by atoms with Gasteiger partial charge in [0, 0.05) is 16.3 Å². The highest BCUT2D eigenvalue weighted by Gasteiger charge is 2.55. The third kappa shape index (κ3) is 2.54. The summed E-state index contributed by atoms with van der Waals surface area (Å²) in [6.07, 6.45) is 6.68. The first kappa shape index (κ1) is 14.8. The van der Waals surface area contributed by atoms with E-state index in [0.717, 1.165) is 25.3 Å². The molecule has 114 valence electrons. The Hall–Kier alpha value is -1.17. The molecule has 0 saturated heterocycles. The van der Waals surface area contributed by atoms with E-state index in [0.29, 0.717) is 4.83 Å². The number of non-ortho nitro benzene ring substituents is 1. The number of nitro groups is 1. The largest absolute Gasteiger partial charge is 0.487 e. The van der Waals surface area contributed by atoms with Crippen LogP contribution in [0.2, 0.25) is 0 Å². The van der Waals surface area contributed by atoms with Crippen molar-refractivity contribution in [3.63, 3.8) is 0 Å². The highest BCUT2D eigenvalue weighted by Crippen LogP contribution is 2.56. The summed E-state index contributed by atoms with van der Waals surface area (Å²) in [5.41, 5.74) is -0.147. The standard InChI is InChI=1S/C15H17BrFNO3/c16-13-9-14(15(13)6-2-1-3-7-15)21-12-5-4-10(18(19)20)8-11(12)17/h4-5,8,13-14H,1-3,6-7,9H2. The Bertz CT molecular complexity index is 560. The van der Waals surface area contributed by atoms with Crippen LogP contribution in [0.4, 0.5) is 10.1 Å². The van der Waals surface area contributed by atoms with Crippen molar-refractivity contribution in [2.75, 3.05) is 0 Å². The van der Waals surface area contributed by atoms with Crippen LogP contribution in [-0.4, -0.2) is 15.9 Å². The Morgan fingerprint density at radius 1 is 1.33 bits per heavy atom. The monoisotopic (exact) mass is 357 g/mol. The summed E-state index contributed by atoms with van der Waals surface area (Å²) < 4.78 is 19.8. The fourth-order valence-electron chi connectivity index (χ4n) is 3.56. The van der Waals surface area contributed by atoms with E-state index in [9.17, 15) is 14.5 Å². The molecule has 0 aliphatic heterocycles. The van der Waals surface area contributed by atoms with E-state index in [1.165, 1.54) is 31.4 Å². The fraction of sp³-hybridized carbons (Fsp3) is 0.600. The van der Waals surface area contributed by atoms with Crippen molar-refractivity contribution < 1.29 is 14.1 Å². The maximum absolute atomic E-state index is 13.9. The van der Waals surface area contributed by atoms with Crippen molar-refractivity contribution in [2.24, 2.45) is 5.41 Å². The highest BCUT2D eigenvalue weighted by atomic mass is 79.9. The van der Waals surface area contributed by atoms with Crippen molar-refractivity contribution in [2.45, 2.75) is 49.5 Å². The number of ether oxygens (including phenoxy) is 1. The summed E-state index contributed by atoms with van der Waals surface area (Å²) in [5.74, 6) is -0.539. The van der Waals surface area contributed by atoms with E-state index in [1.54, 1.807) is 0 Å². The minimum atomic E-state index is -0.659. The number of alkyl halides is 1. The van der Waals surface area contributed by atoms with Gasteiger partial charge in [-0.05, 0) is 25.3 Å². The van der Waals surface area contributed by atoms with E-state index in [-0.39, 0.29) is 23.0 Å². The molecule has 3 rings (SSSR count). The normalized spacial score (nSPS) is 27.1. The van der Waals surface area contributed by atoms with Gasteiger partial charge < -0.3 is 4.74 Å². The molecule has 0 heterocycles. The van der Waals surface area contributed by atoms with Gasteiger partial charge in [0.05, 0.1) is 11.0 Å². The molecule has 0 radical (unpaired) electrons. The smallest absolute Gasteiger partial charge is 0.272 e. The van der Waals surface area contributed by atoms with Gasteiger partial charge >= 0.3 is 0 Å². The molecule has 0 amide bonds. The van der Waals surface area contributed by atoms with Crippen LogP contribution in [0.1, 0.15) is 38.5 Å². The minimum absolute atomic E-state index is 0.00173. The quantitative estimate of drug-likeness (QED) is 0.451. The lowest BCUT2D eigenvalue weighted by atomic mass is 9.58. The third-order valence-corrected chi connectivity index (χ3v) is 6.15. The molecule has 2 saturated carbocycles. The van der Waals surface area contributed by atoms with E-state index in [4.69, 9.17) is 4.74 Å². The van der Waals surface area contributed by atoms with Crippen LogP contribution in [-0.2, 0) is 0 Å². The molecule has 0 N–H and O–H groups in total. The minimum Gasteiger partial charge on any atom is -0.487 e. The lowest BCUT2D eigenvalue weighted by Crippen LogP contribution is -2.57. The van der Waals surface area contributed by atoms with Crippen LogP contribution < -0.4 is 4.74 Å². The highest BCUT2D eigenvalue weighted by molar-refractivity contribution is 9.09. The second kappa shape index (κ2) is 5.55. The fourth-order valence-corrected chi connectivity index (χ4v) is 4.65. The summed E-state index contributed by atoms with van der Waals surface area (Å²) in [5, 5.41) is 10.6. The second-order valence-electron chi connectivity index (χ2n) is 5.98. The van der Waals surface area contributed by atoms with Gasteiger partial charge in [0.2, 0.25) is 0 Å². The number of nitro benzene ring substituents is 1. The molecule has 4 nitrogen and oxygen atoms in total. The van der Waals surface area contributed by atoms with E-state index >= 15 is 0 Å². The zero-order valence-corrected chi connectivity index (χ0v) is 13.1. The van der Waals surface area contributed by atoms with Gasteiger partial charge in [-0.25, -0.2) is 4.39 Å². The molecule has 2 unspecified atom stereocenters. The van der Waals surface area contributed by atoms with Crippen molar-refractivity contribution >= 4 is 21.6 Å². The van der Waals surface area contributed by atoms with Crippen LogP contribution in [0, 0.1) is 21.3 Å². The summed E-state index contributed by atoms with van der Waals surface area (Å²) in [6.45, 7) is 0. The van der Waals surface area contributed by atoms with Gasteiger partial charge in [0.15, 0.2) is 11.6 Å². The average Bonchev–Trinajstić information content (AvgIpc) is 2.49. The molecule has 2 aliphatic carbocycles. The molecule has 1 aromatic rings. The molecule has 1 aromatic carbocycles. The Labute approximate surface area is 131 Å². The molecule has 0 bridgehead atoms. The van der Waals surface area contributed by atoms with E-state index in [1.807, 2.05) is 0 Å². The lowest BCUT2D eigenvalue weighted by Gasteiger charge is -2.55. The van der Waals surface area contributed by atoms with E-state index < -0.39 is 10.7 Å². The third-order valence-electron chi connectivity index (χ3n) is 4.87. The summed E-state index contributed by atoms with van der Waals surface area (Å²) in [4.78, 5) is 10.5. The predicted octanol–water partition coefficient (Wildman–Crippen LogP) is 4.60. The summed E-state index contributed by atoms with van der Waals surface area (Å²) in [7, 11) is 0. The Morgan fingerprint density at radius 3 is 2.62 bits per heavy atom. The van der Waals surface area contributed by atoms with Gasteiger partial charge in [0.1, 0.15) is 6.10 Å². The number of benzene rings is 1. The molecule has 2 atom stereocenters. The average molecular weight is 358 g/mol. The Kier molecular flexibility index (Phi) is 3.90. The van der Waals surface area contributed by atoms with Crippen molar-refractivity contribution in [1.29, 1.82) is 0 Å². The van der Waals surface area contributed by atoms with Crippen LogP contribution >= 0.6 is 15.9 Å². The first-order valence-corrected chi connectivity index (χ1v) is 8.19. The van der Waals surface area contributed by atoms with Gasteiger partial charge in [-0.15, -0.1) is 0 Å². The van der Waals surface area contributed by atoms with Crippen LogP contribution in [0.3, 0.4) is 0 Å². The molecule has 2 fully saturated rings. The van der Waals surface area contributed by atoms with Crippen LogP contribution in [0.15, 0.2) is 18.2 Å². The Morgan fingerprint density at radius 2 is 2.05 bits per heavy atom. The molecule has 1 spiro atoms. The number of hydrogen-bond donors (Lipinski definition) is 0. The van der Waals surface area contributed by atoms with Crippen molar-refractivity contribution in [3.05, 3.63) is 34.1 Å². The van der Waals surface area contributed by atoms with Crippen LogP contribution in [0.25, 0.3) is 0 Å². The predicted molar refractivity (Wildman–Crippen MR) is 80.3 cm³/mol. The number of nitrogens with zero attached hydrogens (tertiary/aromatic N) is 1. The van der Waals surface area contributed by atoms with Gasteiger partial charge in [-0.3, -0.25) is 10.1 Å². The van der Waals surface area contributed by atoms with E-state index in [2.05, 4.69) is 15.9 Å². The Balaban J connectivity index is 1.76. The summed E-state index contributed by atoms with van der Waals surface area (Å²) >= 11 is 3.72. The zero-order valence-electron chi connectivity index (χ0n) is 11.6. The van der Waals surface area contributed by atoms with Gasteiger partial charge in [0.25, 0.3) is 5.69 Å². The van der Waals surface area contributed by atoms with Crippen molar-refractivity contribution in [1.82, 2.24) is 0 Å². The maximum Gasteiger partial charge on any atom is 0.272 e. The van der Waals surface area contributed by atoms with Gasteiger partial charge in [-0.2, -0.15) is 0 Å². The number of halogens is 2. The second-order valence-corrected chi connectivity index (χ2v) is 7.08. The zero-order chi connectivity index (χ0) is 15.0. The number of hydrogen-bond acceptors (Lipinski definition) is 3. The summed E-state index contributed by atoms with van der Waals surface area (Å²) in [6, 6.07) is 3.58. The molecular weight excluding hydrogens is 341 g/mol. The topological polar surface area (TPSA) is 52.4 Å². The SMILES string of the molecule is O=[N+]([O-])c1ccc(OC2CC(Br)C23CCCCC3)c(F)c1. The molecule has 0 aromatic heterocycles. The number of rotatable bonds is 3. The molecule has 21 heavy (non-hydrogen) atoms.